The smallest absolute Gasteiger partial charge is 0.0669 e. The van der Waals surface area contributed by atoms with Gasteiger partial charge in [-0.2, -0.15) is 5.10 Å². The van der Waals surface area contributed by atoms with E-state index in [2.05, 4.69) is 30.8 Å². The van der Waals surface area contributed by atoms with Crippen LogP contribution in [0.2, 0.25) is 0 Å². The van der Waals surface area contributed by atoms with E-state index in [1.165, 1.54) is 17.0 Å². The molecule has 0 atom stereocenters. The van der Waals surface area contributed by atoms with E-state index >= 15 is 0 Å². The summed E-state index contributed by atoms with van der Waals surface area (Å²) in [6.45, 7) is 9.42. The lowest BCUT2D eigenvalue weighted by atomic mass is 10.1. The molecule has 0 saturated carbocycles. The fraction of sp³-hybridized carbons (Fsp3) is 0.786. The number of nitrogens with zero attached hydrogens (tertiary/aromatic N) is 3. The SMILES string of the molecule is CCCN(CCO)Cc1c(CC)nn(C)c1CC. The highest BCUT2D eigenvalue weighted by molar-refractivity contribution is 5.26. The summed E-state index contributed by atoms with van der Waals surface area (Å²) in [7, 11) is 2.03. The van der Waals surface area contributed by atoms with E-state index in [1.807, 2.05) is 11.7 Å². The van der Waals surface area contributed by atoms with E-state index in [9.17, 15) is 0 Å². The van der Waals surface area contributed by atoms with Gasteiger partial charge in [-0.05, 0) is 25.8 Å². The molecule has 1 aromatic heterocycles. The molecule has 0 radical (unpaired) electrons. The second kappa shape index (κ2) is 7.54. The lowest BCUT2D eigenvalue weighted by Gasteiger charge is -2.21. The molecule has 0 spiro atoms. The highest BCUT2D eigenvalue weighted by atomic mass is 16.3. The van der Waals surface area contributed by atoms with E-state index in [1.54, 1.807) is 0 Å². The molecule has 0 amide bonds. The minimum atomic E-state index is 0.225. The van der Waals surface area contributed by atoms with Gasteiger partial charge in [0.25, 0.3) is 0 Å². The lowest BCUT2D eigenvalue weighted by molar-refractivity contribution is 0.189. The summed E-state index contributed by atoms with van der Waals surface area (Å²) in [6, 6.07) is 0. The Balaban J connectivity index is 2.92. The van der Waals surface area contributed by atoms with Crippen LogP contribution in [0.3, 0.4) is 0 Å². The van der Waals surface area contributed by atoms with Crippen LogP contribution >= 0.6 is 0 Å². The first-order chi connectivity index (χ1) is 8.67. The number of rotatable bonds is 8. The first-order valence-corrected chi connectivity index (χ1v) is 7.04. The lowest BCUT2D eigenvalue weighted by Crippen LogP contribution is -2.28. The fourth-order valence-electron chi connectivity index (χ4n) is 2.52. The van der Waals surface area contributed by atoms with Gasteiger partial charge in [-0.3, -0.25) is 9.58 Å². The van der Waals surface area contributed by atoms with Crippen molar-refractivity contribution in [3.8, 4) is 0 Å². The highest BCUT2D eigenvalue weighted by Crippen LogP contribution is 2.17. The van der Waals surface area contributed by atoms with Gasteiger partial charge < -0.3 is 5.11 Å². The molecule has 0 saturated heterocycles. The summed E-state index contributed by atoms with van der Waals surface area (Å²) >= 11 is 0. The van der Waals surface area contributed by atoms with Crippen molar-refractivity contribution in [1.82, 2.24) is 14.7 Å². The molecule has 1 rings (SSSR count). The molecule has 0 unspecified atom stereocenters. The van der Waals surface area contributed by atoms with Crippen LogP contribution in [0.5, 0.6) is 0 Å². The Kier molecular flexibility index (Phi) is 6.36. The molecule has 4 nitrogen and oxygen atoms in total. The van der Waals surface area contributed by atoms with Crippen LogP contribution in [-0.4, -0.2) is 39.5 Å². The molecule has 104 valence electrons. The maximum Gasteiger partial charge on any atom is 0.0669 e. The van der Waals surface area contributed by atoms with E-state index in [4.69, 9.17) is 5.11 Å². The van der Waals surface area contributed by atoms with E-state index in [0.29, 0.717) is 0 Å². The summed E-state index contributed by atoms with van der Waals surface area (Å²) in [5, 5.41) is 13.7. The molecular formula is C14H27N3O. The average molecular weight is 253 g/mol. The number of aliphatic hydroxyl groups excluding tert-OH is 1. The number of aryl methyl sites for hydroxylation is 2. The second-order valence-electron chi connectivity index (χ2n) is 4.70. The van der Waals surface area contributed by atoms with Crippen molar-refractivity contribution in [3.63, 3.8) is 0 Å². The quantitative estimate of drug-likeness (QED) is 0.767. The number of aliphatic hydroxyl groups is 1. The minimum Gasteiger partial charge on any atom is -0.395 e. The Hall–Kier alpha value is -0.870. The van der Waals surface area contributed by atoms with Crippen molar-refractivity contribution in [2.75, 3.05) is 19.7 Å². The monoisotopic (exact) mass is 253 g/mol. The third-order valence-electron chi connectivity index (χ3n) is 3.37. The van der Waals surface area contributed by atoms with Gasteiger partial charge >= 0.3 is 0 Å². The second-order valence-corrected chi connectivity index (χ2v) is 4.70. The van der Waals surface area contributed by atoms with Crippen molar-refractivity contribution < 1.29 is 5.11 Å². The Morgan fingerprint density at radius 3 is 2.39 bits per heavy atom. The average Bonchev–Trinajstić information content (AvgIpc) is 2.65. The molecule has 0 aliphatic carbocycles. The molecule has 1 aromatic rings. The molecule has 0 bridgehead atoms. The summed E-state index contributed by atoms with van der Waals surface area (Å²) in [6.07, 6.45) is 3.10. The molecule has 0 fully saturated rings. The van der Waals surface area contributed by atoms with Crippen LogP contribution < -0.4 is 0 Å². The van der Waals surface area contributed by atoms with Gasteiger partial charge in [0, 0.05) is 31.4 Å². The van der Waals surface area contributed by atoms with Gasteiger partial charge in [0.2, 0.25) is 0 Å². The molecule has 0 aliphatic rings. The predicted octanol–water partition coefficient (Wildman–Crippen LogP) is 1.75. The van der Waals surface area contributed by atoms with E-state index in [0.717, 1.165) is 38.9 Å². The van der Waals surface area contributed by atoms with Crippen molar-refractivity contribution >= 4 is 0 Å². The Labute approximate surface area is 111 Å². The first-order valence-electron chi connectivity index (χ1n) is 7.04. The molecule has 1 N–H and O–H groups in total. The van der Waals surface area contributed by atoms with Gasteiger partial charge in [0.1, 0.15) is 0 Å². The highest BCUT2D eigenvalue weighted by Gasteiger charge is 2.16. The van der Waals surface area contributed by atoms with Crippen molar-refractivity contribution in [1.29, 1.82) is 0 Å². The Morgan fingerprint density at radius 2 is 1.89 bits per heavy atom. The zero-order valence-corrected chi connectivity index (χ0v) is 12.2. The van der Waals surface area contributed by atoms with Crippen LogP contribution in [0.4, 0.5) is 0 Å². The molecule has 0 aliphatic heterocycles. The van der Waals surface area contributed by atoms with E-state index in [-0.39, 0.29) is 6.61 Å². The molecule has 18 heavy (non-hydrogen) atoms. The van der Waals surface area contributed by atoms with Gasteiger partial charge in [-0.25, -0.2) is 0 Å². The summed E-state index contributed by atoms with van der Waals surface area (Å²) in [5.74, 6) is 0. The van der Waals surface area contributed by atoms with Crippen LogP contribution in [0, 0.1) is 0 Å². The van der Waals surface area contributed by atoms with Crippen molar-refractivity contribution in [2.24, 2.45) is 7.05 Å². The van der Waals surface area contributed by atoms with E-state index < -0.39 is 0 Å². The summed E-state index contributed by atoms with van der Waals surface area (Å²) in [4.78, 5) is 2.31. The zero-order chi connectivity index (χ0) is 13.5. The van der Waals surface area contributed by atoms with Gasteiger partial charge in [0.15, 0.2) is 0 Å². The third kappa shape index (κ3) is 3.56. The maximum absolute atomic E-state index is 9.14. The first kappa shape index (κ1) is 15.2. The van der Waals surface area contributed by atoms with Gasteiger partial charge in [-0.1, -0.05) is 20.8 Å². The third-order valence-corrected chi connectivity index (χ3v) is 3.37. The van der Waals surface area contributed by atoms with Crippen LogP contribution in [-0.2, 0) is 26.4 Å². The number of hydrogen-bond acceptors (Lipinski definition) is 3. The molecule has 0 aromatic carbocycles. The van der Waals surface area contributed by atoms with Crippen LogP contribution in [0.25, 0.3) is 0 Å². The zero-order valence-electron chi connectivity index (χ0n) is 12.2. The summed E-state index contributed by atoms with van der Waals surface area (Å²) in [5.41, 5.74) is 3.89. The molecular weight excluding hydrogens is 226 g/mol. The van der Waals surface area contributed by atoms with Crippen molar-refractivity contribution in [2.45, 2.75) is 46.6 Å². The van der Waals surface area contributed by atoms with Gasteiger partial charge in [-0.15, -0.1) is 0 Å². The van der Waals surface area contributed by atoms with Crippen molar-refractivity contribution in [3.05, 3.63) is 17.0 Å². The maximum atomic E-state index is 9.14. The largest absolute Gasteiger partial charge is 0.395 e. The predicted molar refractivity (Wildman–Crippen MR) is 74.6 cm³/mol. The topological polar surface area (TPSA) is 41.3 Å². The minimum absolute atomic E-state index is 0.225. The number of hydrogen-bond donors (Lipinski definition) is 1. The van der Waals surface area contributed by atoms with Crippen LogP contribution in [0.15, 0.2) is 0 Å². The molecule has 4 heteroatoms. The number of aromatic nitrogens is 2. The Bertz CT molecular complexity index is 354. The van der Waals surface area contributed by atoms with Gasteiger partial charge in [0.05, 0.1) is 12.3 Å². The normalized spacial score (nSPS) is 11.4. The van der Waals surface area contributed by atoms with Crippen LogP contribution in [0.1, 0.15) is 44.1 Å². The fourth-order valence-corrected chi connectivity index (χ4v) is 2.52. The summed E-state index contributed by atoms with van der Waals surface area (Å²) < 4.78 is 2.01. The Morgan fingerprint density at radius 1 is 1.17 bits per heavy atom. The standard InChI is InChI=1S/C14H27N3O/c1-5-8-17(9-10-18)11-12-13(6-2)15-16(4)14(12)7-3/h18H,5-11H2,1-4H3. The molecule has 1 heterocycles.